The standard InChI is InChI=1S/C23H26F3N3O2/c1-17-21(30)29(19-7-8-20(27-15-19)23(24,25)26)16-22(31-17)10-13-28(14-11-22)12-9-18-5-3-2-4-6-18/h2-8,15,17H,9-14,16H2,1H3. The summed E-state index contributed by atoms with van der Waals surface area (Å²) in [6, 6.07) is 12.6. The first kappa shape index (κ1) is 21.8. The van der Waals surface area contributed by atoms with Gasteiger partial charge in [-0.05, 0) is 43.9 Å². The zero-order valence-corrected chi connectivity index (χ0v) is 17.4. The number of pyridine rings is 1. The van der Waals surface area contributed by atoms with Crippen LogP contribution in [0.4, 0.5) is 18.9 Å². The van der Waals surface area contributed by atoms with E-state index in [-0.39, 0.29) is 5.91 Å². The summed E-state index contributed by atoms with van der Waals surface area (Å²) in [4.78, 5) is 20.1. The number of carbonyl (C=O) groups excluding carboxylic acids is 1. The van der Waals surface area contributed by atoms with Crippen molar-refractivity contribution in [3.05, 3.63) is 59.9 Å². The van der Waals surface area contributed by atoms with Crippen LogP contribution in [0, 0.1) is 0 Å². The zero-order chi connectivity index (χ0) is 22.1. The van der Waals surface area contributed by atoms with Gasteiger partial charge in [0.2, 0.25) is 0 Å². The minimum Gasteiger partial charge on any atom is -0.360 e. The predicted molar refractivity (Wildman–Crippen MR) is 111 cm³/mol. The largest absolute Gasteiger partial charge is 0.433 e. The van der Waals surface area contributed by atoms with Crippen molar-refractivity contribution in [2.24, 2.45) is 0 Å². The normalized spacial score (nSPS) is 22.1. The molecule has 1 unspecified atom stereocenters. The summed E-state index contributed by atoms with van der Waals surface area (Å²) in [5.74, 6) is -0.251. The number of alkyl halides is 3. The van der Waals surface area contributed by atoms with Crippen LogP contribution in [-0.4, -0.2) is 53.7 Å². The number of anilines is 1. The molecule has 1 amide bonds. The van der Waals surface area contributed by atoms with Crippen molar-refractivity contribution in [2.45, 2.75) is 44.1 Å². The zero-order valence-electron chi connectivity index (χ0n) is 17.4. The van der Waals surface area contributed by atoms with Gasteiger partial charge in [0.05, 0.1) is 24.0 Å². The molecule has 2 aliphatic rings. The van der Waals surface area contributed by atoms with Crippen molar-refractivity contribution >= 4 is 11.6 Å². The molecule has 8 heteroatoms. The number of morpholine rings is 1. The molecule has 0 saturated carbocycles. The Morgan fingerprint density at radius 2 is 1.84 bits per heavy atom. The van der Waals surface area contributed by atoms with E-state index in [0.29, 0.717) is 12.2 Å². The smallest absolute Gasteiger partial charge is 0.360 e. The Balaban J connectivity index is 1.41. The van der Waals surface area contributed by atoms with Crippen LogP contribution in [0.15, 0.2) is 48.7 Å². The van der Waals surface area contributed by atoms with Crippen LogP contribution in [0.3, 0.4) is 0 Å². The maximum absolute atomic E-state index is 12.8. The van der Waals surface area contributed by atoms with Gasteiger partial charge >= 0.3 is 6.18 Å². The lowest BCUT2D eigenvalue weighted by Crippen LogP contribution is -2.61. The molecule has 4 rings (SSSR count). The van der Waals surface area contributed by atoms with E-state index in [0.717, 1.165) is 51.2 Å². The van der Waals surface area contributed by atoms with Crippen LogP contribution >= 0.6 is 0 Å². The predicted octanol–water partition coefficient (Wildman–Crippen LogP) is 3.93. The summed E-state index contributed by atoms with van der Waals surface area (Å²) < 4.78 is 44.6. The molecule has 2 fully saturated rings. The third-order valence-electron chi connectivity index (χ3n) is 6.16. The van der Waals surface area contributed by atoms with E-state index in [4.69, 9.17) is 4.74 Å². The molecular weight excluding hydrogens is 407 g/mol. The number of aromatic nitrogens is 1. The number of rotatable bonds is 4. The van der Waals surface area contributed by atoms with Gasteiger partial charge in [-0.1, -0.05) is 30.3 Å². The molecule has 2 aliphatic heterocycles. The van der Waals surface area contributed by atoms with Gasteiger partial charge in [0.1, 0.15) is 11.8 Å². The number of carbonyl (C=O) groups is 1. The first-order valence-corrected chi connectivity index (χ1v) is 10.5. The third-order valence-corrected chi connectivity index (χ3v) is 6.16. The number of nitrogens with zero attached hydrogens (tertiary/aromatic N) is 3. The third kappa shape index (κ3) is 4.91. The fraction of sp³-hybridized carbons (Fsp3) is 0.478. The minimum absolute atomic E-state index is 0.251. The van der Waals surface area contributed by atoms with Crippen LogP contribution in [0.1, 0.15) is 31.0 Å². The number of hydrogen-bond donors (Lipinski definition) is 0. The summed E-state index contributed by atoms with van der Waals surface area (Å²) >= 11 is 0. The van der Waals surface area contributed by atoms with E-state index >= 15 is 0 Å². The van der Waals surface area contributed by atoms with Crippen LogP contribution in [0.25, 0.3) is 0 Å². The van der Waals surface area contributed by atoms with E-state index in [1.807, 2.05) is 18.2 Å². The Morgan fingerprint density at radius 3 is 2.45 bits per heavy atom. The van der Waals surface area contributed by atoms with Crippen molar-refractivity contribution in [2.75, 3.05) is 31.1 Å². The monoisotopic (exact) mass is 433 g/mol. The van der Waals surface area contributed by atoms with Gasteiger partial charge in [0.15, 0.2) is 0 Å². The molecule has 3 heterocycles. The summed E-state index contributed by atoms with van der Waals surface area (Å²) in [6.45, 7) is 4.70. The molecule has 2 saturated heterocycles. The van der Waals surface area contributed by atoms with E-state index < -0.39 is 23.6 Å². The summed E-state index contributed by atoms with van der Waals surface area (Å²) in [6.07, 6.45) is -1.51. The minimum atomic E-state index is -4.51. The highest BCUT2D eigenvalue weighted by Crippen LogP contribution is 2.35. The second-order valence-corrected chi connectivity index (χ2v) is 8.34. The van der Waals surface area contributed by atoms with Crippen LogP contribution in [0.2, 0.25) is 0 Å². The van der Waals surface area contributed by atoms with Crippen LogP contribution < -0.4 is 4.90 Å². The lowest BCUT2D eigenvalue weighted by molar-refractivity contribution is -0.161. The summed E-state index contributed by atoms with van der Waals surface area (Å²) in [5, 5.41) is 0. The number of ether oxygens (including phenoxy) is 1. The number of hydrogen-bond acceptors (Lipinski definition) is 4. The Hall–Kier alpha value is -2.45. The van der Waals surface area contributed by atoms with E-state index in [2.05, 4.69) is 22.0 Å². The topological polar surface area (TPSA) is 45.7 Å². The lowest BCUT2D eigenvalue weighted by Gasteiger charge is -2.49. The lowest BCUT2D eigenvalue weighted by atomic mass is 9.88. The Bertz CT molecular complexity index is 895. The number of halogens is 3. The number of likely N-dealkylation sites (tertiary alicyclic amines) is 1. The highest BCUT2D eigenvalue weighted by Gasteiger charge is 2.46. The van der Waals surface area contributed by atoms with Crippen LogP contribution in [0.5, 0.6) is 0 Å². The quantitative estimate of drug-likeness (QED) is 0.733. The van der Waals surface area contributed by atoms with Gasteiger partial charge in [0, 0.05) is 19.6 Å². The second kappa shape index (κ2) is 8.59. The van der Waals surface area contributed by atoms with E-state index in [1.54, 1.807) is 6.92 Å². The molecule has 1 spiro atoms. The first-order chi connectivity index (χ1) is 14.8. The van der Waals surface area contributed by atoms with Crippen molar-refractivity contribution in [3.63, 3.8) is 0 Å². The average molecular weight is 433 g/mol. The Labute approximate surface area is 179 Å². The Morgan fingerprint density at radius 1 is 1.13 bits per heavy atom. The summed E-state index contributed by atoms with van der Waals surface area (Å²) in [5.41, 5.74) is 0.224. The highest BCUT2D eigenvalue weighted by molar-refractivity contribution is 5.97. The summed E-state index contributed by atoms with van der Waals surface area (Å²) in [7, 11) is 0. The van der Waals surface area contributed by atoms with Gasteiger partial charge in [-0.2, -0.15) is 13.2 Å². The highest BCUT2D eigenvalue weighted by atomic mass is 19.4. The van der Waals surface area contributed by atoms with Gasteiger partial charge in [-0.25, -0.2) is 4.98 Å². The second-order valence-electron chi connectivity index (χ2n) is 8.34. The van der Waals surface area contributed by atoms with Gasteiger partial charge in [0.25, 0.3) is 5.91 Å². The molecule has 0 bridgehead atoms. The first-order valence-electron chi connectivity index (χ1n) is 10.5. The SMILES string of the molecule is CC1OC2(CCN(CCc3ccccc3)CC2)CN(c2ccc(C(F)(F)F)nc2)C1=O. The maximum Gasteiger partial charge on any atom is 0.433 e. The fourth-order valence-corrected chi connectivity index (χ4v) is 4.37. The molecule has 2 aromatic rings. The number of amides is 1. The number of piperidine rings is 1. The molecule has 0 radical (unpaired) electrons. The maximum atomic E-state index is 12.8. The molecular formula is C23H26F3N3O2. The molecule has 0 N–H and O–H groups in total. The molecule has 5 nitrogen and oxygen atoms in total. The van der Waals surface area contributed by atoms with E-state index in [9.17, 15) is 18.0 Å². The van der Waals surface area contributed by atoms with Crippen molar-refractivity contribution in [3.8, 4) is 0 Å². The van der Waals surface area contributed by atoms with Crippen molar-refractivity contribution < 1.29 is 22.7 Å². The van der Waals surface area contributed by atoms with E-state index in [1.165, 1.54) is 16.5 Å². The molecule has 31 heavy (non-hydrogen) atoms. The molecule has 166 valence electrons. The van der Waals surface area contributed by atoms with Gasteiger partial charge < -0.3 is 14.5 Å². The fourth-order valence-electron chi connectivity index (χ4n) is 4.37. The van der Waals surface area contributed by atoms with Gasteiger partial charge in [-0.15, -0.1) is 0 Å². The van der Waals surface area contributed by atoms with Gasteiger partial charge in [-0.3, -0.25) is 4.79 Å². The average Bonchev–Trinajstić information content (AvgIpc) is 2.76. The van der Waals surface area contributed by atoms with Crippen molar-refractivity contribution in [1.29, 1.82) is 0 Å². The Kier molecular flexibility index (Phi) is 6.03. The van der Waals surface area contributed by atoms with Crippen molar-refractivity contribution in [1.82, 2.24) is 9.88 Å². The molecule has 1 atom stereocenters. The molecule has 1 aromatic heterocycles. The van der Waals surface area contributed by atoms with Crippen LogP contribution in [-0.2, 0) is 22.1 Å². The molecule has 1 aromatic carbocycles. The molecule has 0 aliphatic carbocycles. The number of benzene rings is 1.